The molecule has 0 unspecified atom stereocenters. The van der Waals surface area contributed by atoms with E-state index in [-0.39, 0.29) is 11.7 Å². The third kappa shape index (κ3) is 3.85. The number of ether oxygens (including phenoxy) is 2. The van der Waals surface area contributed by atoms with E-state index in [2.05, 4.69) is 5.32 Å². The van der Waals surface area contributed by atoms with Crippen LogP contribution in [0.3, 0.4) is 0 Å². The molecule has 126 valence electrons. The van der Waals surface area contributed by atoms with Gasteiger partial charge in [0.15, 0.2) is 5.79 Å². The van der Waals surface area contributed by atoms with Crippen LogP contribution in [0.15, 0.2) is 24.3 Å². The quantitative estimate of drug-likeness (QED) is 0.926. The van der Waals surface area contributed by atoms with E-state index in [1.807, 2.05) is 43.3 Å². The van der Waals surface area contributed by atoms with Gasteiger partial charge in [-0.25, -0.2) is 0 Å². The molecule has 1 saturated carbocycles. The number of anilines is 1. The maximum atomic E-state index is 12.2. The molecule has 0 atom stereocenters. The summed E-state index contributed by atoms with van der Waals surface area (Å²) in [5.41, 5.74) is 1.81. The molecule has 1 aromatic carbocycles. The summed E-state index contributed by atoms with van der Waals surface area (Å²) in [6.45, 7) is 2.15. The summed E-state index contributed by atoms with van der Waals surface area (Å²) in [5.74, 6) is 0.199. The second kappa shape index (κ2) is 6.89. The third-order valence-electron chi connectivity index (χ3n) is 4.88. The molecule has 0 aromatic heterocycles. The van der Waals surface area contributed by atoms with E-state index in [0.29, 0.717) is 24.7 Å². The normalized spacial score (nSPS) is 20.6. The van der Waals surface area contributed by atoms with Crippen molar-refractivity contribution in [3.05, 3.63) is 29.8 Å². The molecule has 1 heterocycles. The average molecular weight is 318 g/mol. The van der Waals surface area contributed by atoms with Crippen molar-refractivity contribution in [3.63, 3.8) is 0 Å². The van der Waals surface area contributed by atoms with Gasteiger partial charge in [0.2, 0.25) is 0 Å². The molecule has 1 amide bonds. The molecule has 0 bridgehead atoms. The summed E-state index contributed by atoms with van der Waals surface area (Å²) < 4.78 is 11.5. The van der Waals surface area contributed by atoms with Crippen LogP contribution in [0.5, 0.6) is 0 Å². The Balaban J connectivity index is 1.46. The van der Waals surface area contributed by atoms with E-state index < -0.39 is 0 Å². The van der Waals surface area contributed by atoms with Crippen molar-refractivity contribution in [1.82, 2.24) is 5.32 Å². The highest BCUT2D eigenvalue weighted by atomic mass is 16.7. The van der Waals surface area contributed by atoms with Gasteiger partial charge in [0.05, 0.1) is 13.2 Å². The molecule has 1 aliphatic carbocycles. The average Bonchev–Trinajstić information content (AvgIpc) is 3.02. The Kier molecular flexibility index (Phi) is 4.87. The van der Waals surface area contributed by atoms with Crippen molar-refractivity contribution < 1.29 is 14.3 Å². The first kappa shape index (κ1) is 16.3. The lowest BCUT2D eigenvalue weighted by Crippen LogP contribution is -2.38. The van der Waals surface area contributed by atoms with Crippen molar-refractivity contribution in [2.24, 2.45) is 5.92 Å². The lowest BCUT2D eigenvalue weighted by Gasteiger charge is -2.35. The molecule has 5 heteroatoms. The molecule has 1 aliphatic heterocycles. The molecule has 3 rings (SSSR count). The predicted octanol–water partition coefficient (Wildman–Crippen LogP) is 2.42. The Morgan fingerprint density at radius 3 is 2.35 bits per heavy atom. The van der Waals surface area contributed by atoms with Crippen molar-refractivity contribution in [2.75, 3.05) is 38.8 Å². The highest BCUT2D eigenvalue weighted by Gasteiger charge is 2.40. The molecule has 5 nitrogen and oxygen atoms in total. The Hall–Kier alpha value is -1.59. The van der Waals surface area contributed by atoms with E-state index in [1.165, 1.54) is 0 Å². The van der Waals surface area contributed by atoms with Crippen molar-refractivity contribution in [3.8, 4) is 0 Å². The largest absolute Gasteiger partial charge is 0.378 e. The van der Waals surface area contributed by atoms with Crippen LogP contribution in [0.1, 0.15) is 36.0 Å². The number of nitrogens with one attached hydrogen (secondary N) is 1. The number of amides is 1. The monoisotopic (exact) mass is 318 g/mol. The number of nitrogens with zero attached hydrogens (tertiary/aromatic N) is 1. The Bertz CT molecular complexity index is 526. The van der Waals surface area contributed by atoms with Gasteiger partial charge in [0.1, 0.15) is 0 Å². The van der Waals surface area contributed by atoms with Crippen molar-refractivity contribution in [1.29, 1.82) is 0 Å². The van der Waals surface area contributed by atoms with Crippen LogP contribution in [0.4, 0.5) is 5.69 Å². The summed E-state index contributed by atoms with van der Waals surface area (Å²) >= 11 is 0. The maximum absolute atomic E-state index is 12.2. The Morgan fingerprint density at radius 2 is 1.78 bits per heavy atom. The standard InChI is InChI=1S/C18H26N2O3/c1-20(2)16-5-3-15(4-6-16)17(21)19-13-14-7-9-18(10-8-14)22-11-12-23-18/h3-6,14H,7-13H2,1-2H3,(H,19,21). The molecule has 1 saturated heterocycles. The zero-order chi connectivity index (χ0) is 16.3. The fourth-order valence-corrected chi connectivity index (χ4v) is 3.36. The fraction of sp³-hybridized carbons (Fsp3) is 0.611. The number of carbonyl (C=O) groups excluding carboxylic acids is 1. The van der Waals surface area contributed by atoms with Gasteiger partial charge < -0.3 is 19.7 Å². The van der Waals surface area contributed by atoms with Crippen LogP contribution in [0, 0.1) is 5.92 Å². The van der Waals surface area contributed by atoms with Crippen molar-refractivity contribution >= 4 is 11.6 Å². The number of carbonyl (C=O) groups is 1. The fourth-order valence-electron chi connectivity index (χ4n) is 3.36. The summed E-state index contributed by atoms with van der Waals surface area (Å²) in [6.07, 6.45) is 3.95. The first-order valence-electron chi connectivity index (χ1n) is 8.41. The lowest BCUT2D eigenvalue weighted by molar-refractivity contribution is -0.182. The molecule has 1 spiro atoms. The highest BCUT2D eigenvalue weighted by molar-refractivity contribution is 5.94. The second-order valence-electron chi connectivity index (χ2n) is 6.70. The SMILES string of the molecule is CN(C)c1ccc(C(=O)NCC2CCC3(CC2)OCCO3)cc1. The van der Waals surface area contributed by atoms with E-state index in [4.69, 9.17) is 9.47 Å². The van der Waals surface area contributed by atoms with E-state index in [9.17, 15) is 4.79 Å². The van der Waals surface area contributed by atoms with Crippen LogP contribution >= 0.6 is 0 Å². The lowest BCUT2D eigenvalue weighted by atomic mass is 9.85. The Labute approximate surface area is 137 Å². The van der Waals surface area contributed by atoms with Gasteiger partial charge >= 0.3 is 0 Å². The van der Waals surface area contributed by atoms with E-state index >= 15 is 0 Å². The van der Waals surface area contributed by atoms with Gasteiger partial charge in [0.25, 0.3) is 5.91 Å². The van der Waals surface area contributed by atoms with Crippen LogP contribution in [0.25, 0.3) is 0 Å². The molecule has 1 aromatic rings. The third-order valence-corrected chi connectivity index (χ3v) is 4.88. The molecule has 2 fully saturated rings. The molecule has 23 heavy (non-hydrogen) atoms. The maximum Gasteiger partial charge on any atom is 0.251 e. The predicted molar refractivity (Wildman–Crippen MR) is 89.7 cm³/mol. The molecule has 0 radical (unpaired) electrons. The van der Waals surface area contributed by atoms with E-state index in [0.717, 1.165) is 37.9 Å². The molecular weight excluding hydrogens is 292 g/mol. The molecular formula is C18H26N2O3. The summed E-state index contributed by atoms with van der Waals surface area (Å²) in [7, 11) is 3.98. The van der Waals surface area contributed by atoms with Gasteiger partial charge in [-0.1, -0.05) is 0 Å². The minimum Gasteiger partial charge on any atom is -0.378 e. The summed E-state index contributed by atoms with van der Waals surface area (Å²) in [4.78, 5) is 14.3. The topological polar surface area (TPSA) is 50.8 Å². The zero-order valence-corrected chi connectivity index (χ0v) is 14.0. The molecule has 1 N–H and O–H groups in total. The Morgan fingerprint density at radius 1 is 1.17 bits per heavy atom. The zero-order valence-electron chi connectivity index (χ0n) is 14.0. The minimum absolute atomic E-state index is 0.00367. The first-order chi connectivity index (χ1) is 11.1. The number of hydrogen-bond acceptors (Lipinski definition) is 4. The van der Waals surface area contributed by atoms with Gasteiger partial charge in [-0.2, -0.15) is 0 Å². The number of hydrogen-bond donors (Lipinski definition) is 1. The number of rotatable bonds is 4. The first-order valence-corrected chi connectivity index (χ1v) is 8.41. The van der Waals surface area contributed by atoms with E-state index in [1.54, 1.807) is 0 Å². The van der Waals surface area contributed by atoms with Gasteiger partial charge in [-0.05, 0) is 43.0 Å². The van der Waals surface area contributed by atoms with Crippen LogP contribution in [0.2, 0.25) is 0 Å². The molecule has 2 aliphatic rings. The van der Waals surface area contributed by atoms with Crippen LogP contribution in [-0.4, -0.2) is 45.5 Å². The van der Waals surface area contributed by atoms with Crippen molar-refractivity contribution in [2.45, 2.75) is 31.5 Å². The summed E-state index contributed by atoms with van der Waals surface area (Å²) in [5, 5.41) is 3.06. The summed E-state index contributed by atoms with van der Waals surface area (Å²) in [6, 6.07) is 7.68. The van der Waals surface area contributed by atoms with Gasteiger partial charge in [0, 0.05) is 44.7 Å². The minimum atomic E-state index is -0.317. The van der Waals surface area contributed by atoms with Crippen LogP contribution in [-0.2, 0) is 9.47 Å². The van der Waals surface area contributed by atoms with Gasteiger partial charge in [-0.15, -0.1) is 0 Å². The van der Waals surface area contributed by atoms with Crippen LogP contribution < -0.4 is 10.2 Å². The van der Waals surface area contributed by atoms with Gasteiger partial charge in [-0.3, -0.25) is 4.79 Å². The smallest absolute Gasteiger partial charge is 0.251 e. The highest BCUT2D eigenvalue weighted by Crippen LogP contribution is 2.37. The number of benzene rings is 1. The second-order valence-corrected chi connectivity index (χ2v) is 6.70.